The second-order valence-electron chi connectivity index (χ2n) is 9.34. The molecule has 2 saturated heterocycles. The van der Waals surface area contributed by atoms with Crippen LogP contribution in [0.2, 0.25) is 0 Å². The zero-order chi connectivity index (χ0) is 23.6. The molecule has 1 saturated carbocycles. The van der Waals surface area contributed by atoms with E-state index in [4.69, 9.17) is 18.9 Å². The number of benzene rings is 1. The number of hydrogen-bond acceptors (Lipinski definition) is 8. The Kier molecular flexibility index (Phi) is 6.91. The third-order valence-corrected chi connectivity index (χ3v) is 7.35. The van der Waals surface area contributed by atoms with Crippen molar-refractivity contribution in [1.29, 1.82) is 0 Å². The zero-order valence-corrected chi connectivity index (χ0v) is 19.0. The predicted octanol–water partition coefficient (Wildman–Crippen LogP) is 2.08. The van der Waals surface area contributed by atoms with Crippen molar-refractivity contribution in [2.45, 2.75) is 56.2 Å². The standard InChI is InChI=1S/C25H32O8/c1-16-14-31-25(13-21(16)32-22(27)11-8-17-6-4-3-5-7-17)24(29,15-26)19-10-9-18(23(28)30-2)12-20(19)33-25/h3-8,11,16,18-21,26,29H,9-10,12-15H2,1-2H3. The van der Waals surface area contributed by atoms with Gasteiger partial charge in [0.05, 0.1) is 32.3 Å². The Labute approximate surface area is 193 Å². The molecule has 2 aliphatic heterocycles. The molecule has 1 spiro atoms. The van der Waals surface area contributed by atoms with E-state index in [1.165, 1.54) is 13.2 Å². The van der Waals surface area contributed by atoms with E-state index < -0.39 is 42.1 Å². The molecule has 8 heteroatoms. The molecule has 0 bridgehead atoms. The van der Waals surface area contributed by atoms with Crippen molar-refractivity contribution in [2.75, 3.05) is 20.3 Å². The van der Waals surface area contributed by atoms with Crippen molar-refractivity contribution < 1.29 is 38.7 Å². The summed E-state index contributed by atoms with van der Waals surface area (Å²) < 4.78 is 22.9. The van der Waals surface area contributed by atoms with E-state index in [1.54, 1.807) is 6.08 Å². The van der Waals surface area contributed by atoms with Crippen LogP contribution in [0.5, 0.6) is 0 Å². The van der Waals surface area contributed by atoms with Crippen molar-refractivity contribution >= 4 is 18.0 Å². The lowest BCUT2D eigenvalue weighted by molar-refractivity contribution is -0.332. The van der Waals surface area contributed by atoms with E-state index in [0.29, 0.717) is 19.3 Å². The number of carbonyl (C=O) groups excluding carboxylic acids is 2. The van der Waals surface area contributed by atoms with Crippen LogP contribution in [0, 0.1) is 17.8 Å². The molecule has 4 rings (SSSR count). The maximum atomic E-state index is 12.5. The van der Waals surface area contributed by atoms with Gasteiger partial charge in [0.25, 0.3) is 0 Å². The second-order valence-corrected chi connectivity index (χ2v) is 9.34. The summed E-state index contributed by atoms with van der Waals surface area (Å²) in [5, 5.41) is 21.8. The lowest BCUT2D eigenvalue weighted by atomic mass is 9.70. The lowest BCUT2D eigenvalue weighted by Gasteiger charge is -2.47. The van der Waals surface area contributed by atoms with Gasteiger partial charge in [-0.3, -0.25) is 4.79 Å². The fourth-order valence-electron chi connectivity index (χ4n) is 5.41. The Morgan fingerprint density at radius 2 is 2.00 bits per heavy atom. The van der Waals surface area contributed by atoms with Gasteiger partial charge in [-0.2, -0.15) is 0 Å². The molecule has 2 heterocycles. The van der Waals surface area contributed by atoms with Gasteiger partial charge in [-0.25, -0.2) is 4.79 Å². The van der Waals surface area contributed by atoms with Crippen LogP contribution in [-0.4, -0.2) is 66.1 Å². The summed E-state index contributed by atoms with van der Waals surface area (Å²) >= 11 is 0. The van der Waals surface area contributed by atoms with Gasteiger partial charge in [0.1, 0.15) is 11.7 Å². The number of methoxy groups -OCH3 is 1. The lowest BCUT2D eigenvalue weighted by Crippen LogP contribution is -2.63. The molecule has 2 N–H and O–H groups in total. The Hall–Kier alpha value is -2.26. The molecule has 180 valence electrons. The molecule has 0 amide bonds. The largest absolute Gasteiger partial charge is 0.469 e. The third-order valence-electron chi connectivity index (χ3n) is 7.35. The van der Waals surface area contributed by atoms with Gasteiger partial charge in [-0.15, -0.1) is 0 Å². The first kappa shape index (κ1) is 23.9. The van der Waals surface area contributed by atoms with E-state index in [2.05, 4.69) is 0 Å². The molecule has 7 unspecified atom stereocenters. The first-order chi connectivity index (χ1) is 15.8. The van der Waals surface area contributed by atoms with Gasteiger partial charge >= 0.3 is 11.9 Å². The zero-order valence-electron chi connectivity index (χ0n) is 19.0. The summed E-state index contributed by atoms with van der Waals surface area (Å²) in [5.41, 5.74) is -0.785. The van der Waals surface area contributed by atoms with Gasteiger partial charge in [-0.1, -0.05) is 37.3 Å². The molecule has 3 fully saturated rings. The van der Waals surface area contributed by atoms with Gasteiger partial charge in [0.15, 0.2) is 0 Å². The first-order valence-corrected chi connectivity index (χ1v) is 11.5. The van der Waals surface area contributed by atoms with Gasteiger partial charge < -0.3 is 29.2 Å². The van der Waals surface area contributed by atoms with Crippen LogP contribution in [0.4, 0.5) is 0 Å². The van der Waals surface area contributed by atoms with Crippen LogP contribution in [0.15, 0.2) is 36.4 Å². The summed E-state index contributed by atoms with van der Waals surface area (Å²) in [5.74, 6) is -3.16. The van der Waals surface area contributed by atoms with Gasteiger partial charge in [-0.05, 0) is 30.9 Å². The highest BCUT2D eigenvalue weighted by molar-refractivity contribution is 5.87. The number of carbonyl (C=O) groups is 2. The van der Waals surface area contributed by atoms with Crippen LogP contribution in [0.3, 0.4) is 0 Å². The Bertz CT molecular complexity index is 886. The van der Waals surface area contributed by atoms with Gasteiger partial charge in [0, 0.05) is 24.3 Å². The second kappa shape index (κ2) is 9.54. The van der Waals surface area contributed by atoms with Crippen molar-refractivity contribution in [3.05, 3.63) is 42.0 Å². The van der Waals surface area contributed by atoms with E-state index in [-0.39, 0.29) is 30.8 Å². The van der Waals surface area contributed by atoms with Crippen LogP contribution >= 0.6 is 0 Å². The monoisotopic (exact) mass is 460 g/mol. The van der Waals surface area contributed by atoms with Crippen molar-refractivity contribution in [2.24, 2.45) is 17.8 Å². The Morgan fingerprint density at radius 1 is 1.24 bits per heavy atom. The number of esters is 2. The molecular formula is C25H32O8. The third kappa shape index (κ3) is 4.45. The molecule has 7 atom stereocenters. The minimum atomic E-state index is -1.66. The van der Waals surface area contributed by atoms with Crippen molar-refractivity contribution in [1.82, 2.24) is 0 Å². The van der Waals surface area contributed by atoms with E-state index in [1.807, 2.05) is 37.3 Å². The topological polar surface area (TPSA) is 112 Å². The number of ether oxygens (including phenoxy) is 4. The quantitative estimate of drug-likeness (QED) is 0.508. The molecule has 1 aromatic rings. The maximum Gasteiger partial charge on any atom is 0.331 e. The van der Waals surface area contributed by atoms with Gasteiger partial charge in [0.2, 0.25) is 5.79 Å². The normalized spacial score (nSPS) is 38.2. The maximum absolute atomic E-state index is 12.5. The molecule has 3 aliphatic rings. The van der Waals surface area contributed by atoms with E-state index >= 15 is 0 Å². The average Bonchev–Trinajstić information content (AvgIpc) is 3.07. The summed E-state index contributed by atoms with van der Waals surface area (Å²) in [6.07, 6.45) is 3.51. The van der Waals surface area contributed by atoms with Crippen molar-refractivity contribution in [3.63, 3.8) is 0 Å². The fraction of sp³-hybridized carbons (Fsp3) is 0.600. The summed E-state index contributed by atoms with van der Waals surface area (Å²) in [6, 6.07) is 9.42. The molecule has 0 radical (unpaired) electrons. The highest BCUT2D eigenvalue weighted by atomic mass is 16.7. The van der Waals surface area contributed by atoms with Crippen LogP contribution in [-0.2, 0) is 28.5 Å². The average molecular weight is 461 g/mol. The van der Waals surface area contributed by atoms with E-state index in [9.17, 15) is 19.8 Å². The Balaban J connectivity index is 1.49. The highest BCUT2D eigenvalue weighted by Gasteiger charge is 2.68. The van der Waals surface area contributed by atoms with E-state index in [0.717, 1.165) is 5.56 Å². The number of aliphatic hydroxyl groups excluding tert-OH is 1. The Morgan fingerprint density at radius 3 is 2.70 bits per heavy atom. The number of rotatable bonds is 5. The number of hydrogen-bond donors (Lipinski definition) is 2. The molecule has 33 heavy (non-hydrogen) atoms. The summed E-state index contributed by atoms with van der Waals surface area (Å²) in [7, 11) is 1.35. The number of fused-ring (bicyclic) bond motifs is 1. The predicted molar refractivity (Wildman–Crippen MR) is 118 cm³/mol. The first-order valence-electron chi connectivity index (χ1n) is 11.5. The molecule has 1 aromatic carbocycles. The minimum Gasteiger partial charge on any atom is -0.469 e. The highest BCUT2D eigenvalue weighted by Crippen LogP contribution is 2.55. The molecular weight excluding hydrogens is 428 g/mol. The molecule has 0 aromatic heterocycles. The van der Waals surface area contributed by atoms with Crippen LogP contribution in [0.1, 0.15) is 38.2 Å². The molecule has 1 aliphatic carbocycles. The number of aliphatic hydroxyl groups is 2. The smallest absolute Gasteiger partial charge is 0.331 e. The SMILES string of the molecule is COC(=O)C1CCC2C(C1)OC1(CC(OC(=O)C=Cc3ccccc3)C(C)CO1)C2(O)CO. The van der Waals surface area contributed by atoms with Crippen LogP contribution in [0.25, 0.3) is 6.08 Å². The minimum absolute atomic E-state index is 0.0893. The van der Waals surface area contributed by atoms with Crippen LogP contribution < -0.4 is 0 Å². The summed E-state index contributed by atoms with van der Waals surface area (Å²) in [4.78, 5) is 24.6. The summed E-state index contributed by atoms with van der Waals surface area (Å²) in [6.45, 7) is 1.54. The van der Waals surface area contributed by atoms with Crippen molar-refractivity contribution in [3.8, 4) is 0 Å². The fourth-order valence-corrected chi connectivity index (χ4v) is 5.41. The molecule has 8 nitrogen and oxygen atoms in total.